The highest BCUT2D eigenvalue weighted by atomic mass is 14.9. The minimum atomic E-state index is 0.555. The van der Waals surface area contributed by atoms with Crippen molar-refractivity contribution in [3.05, 3.63) is 24.4 Å². The first kappa shape index (κ1) is 23.3. The third-order valence-electron chi connectivity index (χ3n) is 5.04. The van der Waals surface area contributed by atoms with Crippen LogP contribution in [-0.4, -0.2) is 6.54 Å². The van der Waals surface area contributed by atoms with E-state index in [1.165, 1.54) is 88.3 Å². The Bertz CT molecular complexity index is 282. The maximum Gasteiger partial charge on any atom is 0.0143 e. The van der Waals surface area contributed by atoms with Crippen LogP contribution >= 0.6 is 0 Å². The van der Waals surface area contributed by atoms with Crippen molar-refractivity contribution in [2.75, 3.05) is 6.54 Å². The Hall–Kier alpha value is -0.720. The van der Waals surface area contributed by atoms with Gasteiger partial charge in [-0.25, -0.2) is 0 Å². The van der Waals surface area contributed by atoms with E-state index in [1.807, 2.05) is 0 Å². The number of hydrogen-bond donors (Lipinski definition) is 1. The van der Waals surface area contributed by atoms with E-state index in [-0.39, 0.29) is 0 Å². The molecule has 0 aromatic carbocycles. The smallest absolute Gasteiger partial charge is 0.0143 e. The van der Waals surface area contributed by atoms with Crippen molar-refractivity contribution >= 4 is 0 Å². The fraction of sp³-hybridized carbons (Fsp3) is 0.826. The molecule has 0 aromatic rings. The highest BCUT2D eigenvalue weighted by Gasteiger charge is 2.00. The van der Waals surface area contributed by atoms with Gasteiger partial charge in [0.2, 0.25) is 0 Å². The lowest BCUT2D eigenvalue weighted by Gasteiger charge is -2.12. The molecule has 0 bridgehead atoms. The summed E-state index contributed by atoms with van der Waals surface area (Å²) in [5.41, 5.74) is 2.61. The Labute approximate surface area is 153 Å². The molecule has 0 unspecified atom stereocenters. The molecule has 0 heterocycles. The highest BCUT2D eigenvalue weighted by molar-refractivity contribution is 4.96. The summed E-state index contributed by atoms with van der Waals surface area (Å²) in [6.07, 6.45) is 16.5. The van der Waals surface area contributed by atoms with E-state index in [0.717, 1.165) is 6.54 Å². The molecular weight excluding hydrogens is 290 g/mol. The summed E-state index contributed by atoms with van der Waals surface area (Å²) in [6.45, 7) is 18.2. The van der Waals surface area contributed by atoms with E-state index < -0.39 is 0 Å². The molecule has 0 saturated heterocycles. The van der Waals surface area contributed by atoms with Gasteiger partial charge in [0.05, 0.1) is 0 Å². The van der Waals surface area contributed by atoms with Crippen molar-refractivity contribution in [3.63, 3.8) is 0 Å². The molecule has 1 N–H and O–H groups in total. The Morgan fingerprint density at radius 3 is 1.46 bits per heavy atom. The van der Waals surface area contributed by atoms with Crippen molar-refractivity contribution in [1.29, 1.82) is 0 Å². The van der Waals surface area contributed by atoms with Crippen LogP contribution in [-0.2, 0) is 0 Å². The quantitative estimate of drug-likeness (QED) is 0.213. The van der Waals surface area contributed by atoms with Gasteiger partial charge < -0.3 is 5.32 Å². The fourth-order valence-electron chi connectivity index (χ4n) is 2.81. The zero-order valence-electron chi connectivity index (χ0n) is 17.3. The van der Waals surface area contributed by atoms with E-state index >= 15 is 0 Å². The molecule has 0 aromatic heterocycles. The zero-order valence-corrected chi connectivity index (χ0v) is 17.3. The van der Waals surface area contributed by atoms with Gasteiger partial charge in [-0.2, -0.15) is 0 Å². The van der Waals surface area contributed by atoms with Crippen LogP contribution in [0.4, 0.5) is 0 Å². The van der Waals surface area contributed by atoms with Gasteiger partial charge in [-0.15, -0.1) is 0 Å². The van der Waals surface area contributed by atoms with Crippen LogP contribution in [0.3, 0.4) is 0 Å². The molecule has 0 rings (SSSR count). The molecule has 0 aliphatic rings. The summed E-state index contributed by atoms with van der Waals surface area (Å²) in [7, 11) is 0. The maximum absolute atomic E-state index is 4.16. The Morgan fingerprint density at radius 1 is 0.625 bits per heavy atom. The first-order chi connectivity index (χ1) is 11.4. The second-order valence-corrected chi connectivity index (χ2v) is 8.06. The number of allylic oxidation sites excluding steroid dienone is 2. The van der Waals surface area contributed by atoms with E-state index in [4.69, 9.17) is 0 Å². The second kappa shape index (κ2) is 15.8. The summed E-state index contributed by atoms with van der Waals surface area (Å²) in [5.74, 6) is 1.22. The molecule has 0 spiro atoms. The molecule has 0 radical (unpaired) electrons. The molecule has 0 amide bonds. The molecule has 1 nitrogen and oxygen atoms in total. The Balaban J connectivity index is 3.15. The SMILES string of the molecule is C=C(CCCCCCCCCCCCCNC(=C)C(C)C)C(C)C. The molecular formula is C23H45N. The van der Waals surface area contributed by atoms with Crippen LogP contribution in [0, 0.1) is 11.8 Å². The molecule has 0 saturated carbocycles. The normalized spacial score (nSPS) is 11.2. The van der Waals surface area contributed by atoms with E-state index in [1.54, 1.807) is 0 Å². The van der Waals surface area contributed by atoms with Crippen LogP contribution in [0.15, 0.2) is 24.4 Å². The topological polar surface area (TPSA) is 12.0 Å². The second-order valence-electron chi connectivity index (χ2n) is 8.06. The van der Waals surface area contributed by atoms with Crippen LogP contribution < -0.4 is 5.32 Å². The number of hydrogen-bond acceptors (Lipinski definition) is 1. The van der Waals surface area contributed by atoms with Crippen molar-refractivity contribution in [2.45, 2.75) is 105 Å². The average molecular weight is 336 g/mol. The molecule has 0 fully saturated rings. The maximum atomic E-state index is 4.16. The predicted octanol–water partition coefficient (Wildman–Crippen LogP) is 7.64. The van der Waals surface area contributed by atoms with Crippen LogP contribution in [0.5, 0.6) is 0 Å². The molecule has 0 aliphatic carbocycles. The van der Waals surface area contributed by atoms with E-state index in [9.17, 15) is 0 Å². The predicted molar refractivity (Wildman–Crippen MR) is 111 cm³/mol. The minimum absolute atomic E-state index is 0.555. The highest BCUT2D eigenvalue weighted by Crippen LogP contribution is 2.17. The first-order valence-corrected chi connectivity index (χ1v) is 10.6. The third kappa shape index (κ3) is 14.8. The van der Waals surface area contributed by atoms with Gasteiger partial charge in [-0.1, -0.05) is 104 Å². The Morgan fingerprint density at radius 2 is 1.04 bits per heavy atom. The van der Waals surface area contributed by atoms with Gasteiger partial charge in [0, 0.05) is 12.2 Å². The first-order valence-electron chi connectivity index (χ1n) is 10.6. The monoisotopic (exact) mass is 335 g/mol. The summed E-state index contributed by atoms with van der Waals surface area (Å²) in [4.78, 5) is 0. The molecule has 24 heavy (non-hydrogen) atoms. The van der Waals surface area contributed by atoms with Gasteiger partial charge in [-0.05, 0) is 31.1 Å². The Kier molecular flexibility index (Phi) is 15.3. The summed E-state index contributed by atoms with van der Waals surface area (Å²) < 4.78 is 0. The summed E-state index contributed by atoms with van der Waals surface area (Å²) in [6, 6.07) is 0. The summed E-state index contributed by atoms with van der Waals surface area (Å²) in [5, 5.41) is 3.43. The van der Waals surface area contributed by atoms with Crippen molar-refractivity contribution in [3.8, 4) is 0 Å². The van der Waals surface area contributed by atoms with Crippen molar-refractivity contribution < 1.29 is 0 Å². The lowest BCUT2D eigenvalue weighted by atomic mass is 9.98. The van der Waals surface area contributed by atoms with Gasteiger partial charge >= 0.3 is 0 Å². The van der Waals surface area contributed by atoms with Gasteiger partial charge in [0.15, 0.2) is 0 Å². The van der Waals surface area contributed by atoms with E-state index in [2.05, 4.69) is 46.2 Å². The largest absolute Gasteiger partial charge is 0.389 e. The van der Waals surface area contributed by atoms with Gasteiger partial charge in [0.25, 0.3) is 0 Å². The molecule has 0 aliphatic heterocycles. The number of rotatable bonds is 17. The lowest BCUT2D eigenvalue weighted by Crippen LogP contribution is -2.17. The van der Waals surface area contributed by atoms with Gasteiger partial charge in [0.1, 0.15) is 0 Å². The lowest BCUT2D eigenvalue weighted by molar-refractivity contribution is 0.536. The third-order valence-corrected chi connectivity index (χ3v) is 5.04. The number of unbranched alkanes of at least 4 members (excludes halogenated alkanes) is 10. The van der Waals surface area contributed by atoms with Crippen LogP contribution in [0.25, 0.3) is 0 Å². The van der Waals surface area contributed by atoms with Crippen molar-refractivity contribution in [1.82, 2.24) is 5.32 Å². The van der Waals surface area contributed by atoms with Crippen molar-refractivity contribution in [2.24, 2.45) is 11.8 Å². The molecule has 142 valence electrons. The minimum Gasteiger partial charge on any atom is -0.389 e. The zero-order chi connectivity index (χ0) is 18.2. The molecule has 0 atom stereocenters. The van der Waals surface area contributed by atoms with E-state index in [0.29, 0.717) is 11.8 Å². The standard InChI is InChI=1S/C23H45N/c1-20(2)22(5)18-16-14-12-10-8-7-9-11-13-15-17-19-24-23(6)21(3)4/h20-21,24H,5-19H2,1-4H3. The molecule has 1 heteroatoms. The van der Waals surface area contributed by atoms with Crippen LogP contribution in [0.1, 0.15) is 105 Å². The fourth-order valence-corrected chi connectivity index (χ4v) is 2.81. The van der Waals surface area contributed by atoms with Gasteiger partial charge in [-0.3, -0.25) is 0 Å². The van der Waals surface area contributed by atoms with Crippen LogP contribution in [0.2, 0.25) is 0 Å². The number of nitrogens with one attached hydrogen (secondary N) is 1. The summed E-state index contributed by atoms with van der Waals surface area (Å²) >= 11 is 0. The average Bonchev–Trinajstić information content (AvgIpc) is 2.54.